The third kappa shape index (κ3) is 12.5. The van der Waals surface area contributed by atoms with Crippen molar-refractivity contribution in [2.24, 2.45) is 28.9 Å². The second-order valence-electron chi connectivity index (χ2n) is 21.4. The predicted molar refractivity (Wildman–Crippen MR) is 291 cm³/mol. The number of carbonyl (C=O) groups excluding carboxylic acids is 4. The number of aryl methyl sites for hydroxylation is 1. The smallest absolute Gasteiger partial charge is 0.327 e. The number of pyridine rings is 1. The Morgan fingerprint density at radius 2 is 1.88 bits per heavy atom. The largest absolute Gasteiger partial charge is 0.508 e. The summed E-state index contributed by atoms with van der Waals surface area (Å²) in [6.45, 7) is 14.1. The number of hydrogen-bond acceptors (Lipinski definition) is 13. The second kappa shape index (κ2) is 25.2. The van der Waals surface area contributed by atoms with Gasteiger partial charge in [0.25, 0.3) is 5.91 Å². The fourth-order valence-corrected chi connectivity index (χ4v) is 12.0. The number of aromatic hydroxyl groups is 1. The quantitative estimate of drug-likeness (QED) is 0.0385. The summed E-state index contributed by atoms with van der Waals surface area (Å²) in [6, 6.07) is 12.7. The number of hydrazine groups is 1. The number of aromatic nitrogens is 2. The molecule has 7 N–H and O–H groups in total. The summed E-state index contributed by atoms with van der Waals surface area (Å²) in [5, 5.41) is 30.3. The molecule has 3 fully saturated rings. The number of nitrogens with one attached hydrogen (secondary N) is 3. The maximum Gasteiger partial charge on any atom is 0.327 e. The number of fused-ring (bicyclic) bond motifs is 1. The summed E-state index contributed by atoms with van der Waals surface area (Å²) in [6.07, 6.45) is 5.55. The third-order valence-corrected chi connectivity index (χ3v) is 15.6. The molecule has 0 radical (unpaired) electrons. The Morgan fingerprint density at radius 1 is 1.11 bits per heavy atom. The van der Waals surface area contributed by atoms with E-state index in [0.29, 0.717) is 56.8 Å². The number of phenols is 1. The Balaban J connectivity index is 1.21. The van der Waals surface area contributed by atoms with Crippen LogP contribution in [0.3, 0.4) is 0 Å². The summed E-state index contributed by atoms with van der Waals surface area (Å²) >= 11 is 5.80. The Morgan fingerprint density at radius 3 is 2.55 bits per heavy atom. The van der Waals surface area contributed by atoms with Crippen molar-refractivity contribution in [1.82, 2.24) is 40.4 Å². The van der Waals surface area contributed by atoms with E-state index >= 15 is 0 Å². The molecule has 1 aliphatic carbocycles. The summed E-state index contributed by atoms with van der Waals surface area (Å²) < 4.78 is 30.9. The number of hydrogen-bond donors (Lipinski definition) is 6. The number of rotatable bonds is 20. The van der Waals surface area contributed by atoms with Crippen molar-refractivity contribution in [2.45, 2.75) is 110 Å². The molecule has 4 heterocycles. The van der Waals surface area contributed by atoms with Crippen molar-refractivity contribution in [1.29, 1.82) is 0 Å². The number of aliphatic hydroxyl groups excluding tert-OH is 1. The van der Waals surface area contributed by atoms with Crippen molar-refractivity contribution in [3.63, 3.8) is 0 Å². The maximum atomic E-state index is 14.8. The molecule has 2 aromatic heterocycles. The number of nitrogens with two attached hydrogens (primary N) is 1. The molecule has 4 aromatic rings. The lowest BCUT2D eigenvalue weighted by Gasteiger charge is -2.58. The Hall–Kier alpha value is -5.66. The molecule has 412 valence electrons. The van der Waals surface area contributed by atoms with Crippen LogP contribution in [0.25, 0.3) is 33.3 Å². The van der Waals surface area contributed by atoms with Crippen LogP contribution in [-0.2, 0) is 52.3 Å². The number of ether oxygens (including phenoxy) is 2. The zero-order valence-electron chi connectivity index (χ0n) is 44.9. The number of phenolic OH excluding ortho intramolecular Hbond substituents is 1. The Kier molecular flexibility index (Phi) is 19.2. The standard InChI is InChI=1S/C55H75ClN9O10P/c1-9-63-45-16-15-36(26-40(45)41(27-54(5,6)31-75-76-72)49(63)39-14-12-17-58-47(39)34(4)73-8)37-22-35(23-38(67)25-37)24-44(52(70)65-20-11-10-18-60-65)61-50(68)48(33(2)3)62(7)51(69)42-28-55(43(42)30-66)32-74-21-13-19-64(55)53(71)59-29-46(56)57/h12,14-17,22-23,25-26,29,33-34,42-44,48,60,66-67H,9-11,13,18-21,24,27-28,30-32,57H2,1-8H3,(H,59,71)(H,61,68)/b46-29-. The van der Waals surface area contributed by atoms with E-state index in [0.717, 1.165) is 51.8 Å². The van der Waals surface area contributed by atoms with Gasteiger partial charge in [-0.05, 0) is 116 Å². The van der Waals surface area contributed by atoms with Crippen LogP contribution in [0.1, 0.15) is 90.2 Å². The van der Waals surface area contributed by atoms with Crippen LogP contribution < -0.4 is 21.8 Å². The van der Waals surface area contributed by atoms with Crippen molar-refractivity contribution < 1.29 is 48.0 Å². The normalized spacial score (nSPS) is 20.5. The second-order valence-corrected chi connectivity index (χ2v) is 22.3. The molecule has 3 aliphatic rings. The molecule has 76 heavy (non-hydrogen) atoms. The van der Waals surface area contributed by atoms with Crippen molar-refractivity contribution >= 4 is 54.9 Å². The van der Waals surface area contributed by atoms with Crippen molar-refractivity contribution in [2.75, 3.05) is 60.2 Å². The lowest BCUT2D eigenvalue weighted by Crippen LogP contribution is -2.72. The number of likely N-dealkylation sites (N-methyl/N-ethyl adjacent to an activating group) is 1. The van der Waals surface area contributed by atoms with Gasteiger partial charge in [-0.2, -0.15) is 0 Å². The first-order chi connectivity index (χ1) is 36.3. The molecule has 1 saturated carbocycles. The fourth-order valence-electron chi connectivity index (χ4n) is 11.6. The Labute approximate surface area is 452 Å². The van der Waals surface area contributed by atoms with Crippen LogP contribution in [-0.4, -0.2) is 136 Å². The van der Waals surface area contributed by atoms with Gasteiger partial charge in [0.05, 0.1) is 36.2 Å². The number of amides is 5. The minimum atomic E-state index is -1.11. The first-order valence-electron chi connectivity index (χ1n) is 26.2. The molecular formula is C55H75ClN9O10P. The van der Waals surface area contributed by atoms with E-state index in [4.69, 9.17) is 36.3 Å². The maximum absolute atomic E-state index is 14.8. The van der Waals surface area contributed by atoms with Gasteiger partial charge in [0.1, 0.15) is 23.0 Å². The zero-order chi connectivity index (χ0) is 55.1. The van der Waals surface area contributed by atoms with Crippen molar-refractivity contribution in [3.8, 4) is 28.1 Å². The van der Waals surface area contributed by atoms with Gasteiger partial charge in [0.2, 0.25) is 11.8 Å². The SMILES string of the molecule is CCn1c(-c2cccnc2C(C)OC)c(CC(C)(C)COP=O)c2cc(-c3cc(O)cc(CC(NC(=O)C(C(C)C)N(C)C(=O)C4CC5(COCCCN5C(=O)N/C=C(\N)Cl)C4CO)C(=O)N4CCCCN4)c3)ccc21. The van der Waals surface area contributed by atoms with E-state index in [1.165, 1.54) is 16.1 Å². The number of methoxy groups -OCH3 is 1. The lowest BCUT2D eigenvalue weighted by atomic mass is 9.58. The number of aliphatic hydroxyl groups is 1. The molecule has 6 atom stereocenters. The molecule has 21 heteroatoms. The van der Waals surface area contributed by atoms with Gasteiger partial charge >= 0.3 is 14.7 Å². The van der Waals surface area contributed by atoms with Crippen LogP contribution in [0.2, 0.25) is 0 Å². The van der Waals surface area contributed by atoms with Crippen LogP contribution in [0.5, 0.6) is 5.75 Å². The monoisotopic (exact) mass is 1090 g/mol. The molecule has 5 amide bonds. The van der Waals surface area contributed by atoms with E-state index in [-0.39, 0.29) is 49.0 Å². The van der Waals surface area contributed by atoms with Gasteiger partial charge in [0, 0.05) is 101 Å². The molecule has 2 aromatic carbocycles. The van der Waals surface area contributed by atoms with Gasteiger partial charge in [0.15, 0.2) is 0 Å². The highest BCUT2D eigenvalue weighted by molar-refractivity contribution is 7.17. The van der Waals surface area contributed by atoms with E-state index in [1.54, 1.807) is 37.4 Å². The summed E-state index contributed by atoms with van der Waals surface area (Å²) in [5.74, 6) is -3.22. The highest BCUT2D eigenvalue weighted by Gasteiger charge is 2.62. The predicted octanol–water partition coefficient (Wildman–Crippen LogP) is 7.03. The van der Waals surface area contributed by atoms with Crippen LogP contribution >= 0.6 is 20.3 Å². The average Bonchev–Trinajstić information content (AvgIpc) is 3.51. The number of nitrogens with zero attached hydrogens (tertiary/aromatic N) is 5. The lowest BCUT2D eigenvalue weighted by molar-refractivity contribution is -0.166. The molecule has 19 nitrogen and oxygen atoms in total. The highest BCUT2D eigenvalue weighted by atomic mass is 35.5. The van der Waals surface area contributed by atoms with E-state index in [2.05, 4.69) is 59.6 Å². The van der Waals surface area contributed by atoms with Gasteiger partial charge in [-0.25, -0.2) is 14.8 Å². The van der Waals surface area contributed by atoms with Gasteiger partial charge in [-0.3, -0.25) is 28.9 Å². The van der Waals surface area contributed by atoms with Gasteiger partial charge < -0.3 is 50.4 Å². The summed E-state index contributed by atoms with van der Waals surface area (Å²) in [4.78, 5) is 65.2. The molecule has 6 unspecified atom stereocenters. The number of halogens is 1. The summed E-state index contributed by atoms with van der Waals surface area (Å²) in [5.41, 5.74) is 14.1. The average molecular weight is 1090 g/mol. The first-order valence-corrected chi connectivity index (χ1v) is 27.3. The van der Waals surface area contributed by atoms with E-state index < -0.39 is 73.9 Å². The third-order valence-electron chi connectivity index (χ3n) is 15.3. The highest BCUT2D eigenvalue weighted by Crippen LogP contribution is 2.50. The number of benzene rings is 2. The Bertz CT molecular complexity index is 2780. The minimum Gasteiger partial charge on any atom is -0.508 e. The fraction of sp³-hybridized carbons (Fsp3) is 0.545. The molecule has 1 spiro atoms. The molecule has 2 saturated heterocycles. The minimum absolute atomic E-state index is 0.00534. The molecule has 2 aliphatic heterocycles. The summed E-state index contributed by atoms with van der Waals surface area (Å²) in [7, 11) is 2.81. The zero-order valence-corrected chi connectivity index (χ0v) is 46.6. The molecule has 0 bridgehead atoms. The van der Waals surface area contributed by atoms with Crippen LogP contribution in [0.4, 0.5) is 4.79 Å². The van der Waals surface area contributed by atoms with Gasteiger partial charge in [-0.15, -0.1) is 0 Å². The number of carbonyl (C=O) groups is 4. The van der Waals surface area contributed by atoms with Gasteiger partial charge in [-0.1, -0.05) is 51.4 Å². The molecule has 7 rings (SSSR count). The van der Waals surface area contributed by atoms with E-state index in [1.807, 2.05) is 39.0 Å². The van der Waals surface area contributed by atoms with E-state index in [9.17, 15) is 34.0 Å². The first kappa shape index (κ1) is 58.0. The number of urea groups is 1. The van der Waals surface area contributed by atoms with Crippen LogP contribution in [0.15, 0.2) is 66.1 Å². The topological polar surface area (TPSA) is 243 Å². The van der Waals surface area contributed by atoms with Crippen LogP contribution in [0, 0.1) is 23.2 Å². The van der Waals surface area contributed by atoms with Crippen molar-refractivity contribution in [3.05, 3.63) is 82.9 Å². The molecular weight excluding hydrogens is 1010 g/mol.